The van der Waals surface area contributed by atoms with E-state index in [1.54, 1.807) is 13.1 Å². The molecule has 0 bridgehead atoms. The first kappa shape index (κ1) is 20.7. The Morgan fingerprint density at radius 1 is 1.22 bits per heavy atom. The number of hydrogen-bond acceptors (Lipinski definition) is 5. The van der Waals surface area contributed by atoms with Gasteiger partial charge in [0.2, 0.25) is 5.91 Å². The summed E-state index contributed by atoms with van der Waals surface area (Å²) in [6.07, 6.45) is -2.90. The van der Waals surface area contributed by atoms with E-state index < -0.39 is 17.8 Å². The first-order valence-electron chi connectivity index (χ1n) is 8.09. The third-order valence-corrected chi connectivity index (χ3v) is 4.27. The van der Waals surface area contributed by atoms with Gasteiger partial charge in [0.15, 0.2) is 5.13 Å². The summed E-state index contributed by atoms with van der Waals surface area (Å²) in [6, 6.07) is 4.91. The summed E-state index contributed by atoms with van der Waals surface area (Å²) in [5, 5.41) is 5.43. The summed E-state index contributed by atoms with van der Waals surface area (Å²) < 4.78 is 42.4. The van der Waals surface area contributed by atoms with Gasteiger partial charge >= 0.3 is 12.3 Å². The van der Waals surface area contributed by atoms with Gasteiger partial charge in [0, 0.05) is 30.5 Å². The van der Waals surface area contributed by atoms with Crippen LogP contribution >= 0.6 is 11.3 Å². The van der Waals surface area contributed by atoms with Crippen LogP contribution in [0.5, 0.6) is 0 Å². The Labute approximate surface area is 157 Å². The SMILES string of the molecule is CCOC(=O)NCCC(=O)Nc1ncc(Cc2ccc(C(F)(F)F)cc2)s1. The average Bonchev–Trinajstić information content (AvgIpc) is 3.01. The summed E-state index contributed by atoms with van der Waals surface area (Å²) in [4.78, 5) is 27.8. The summed E-state index contributed by atoms with van der Waals surface area (Å²) in [5.41, 5.74) is 0.0168. The molecule has 2 rings (SSSR count). The van der Waals surface area contributed by atoms with Crippen LogP contribution in [-0.4, -0.2) is 30.1 Å². The van der Waals surface area contributed by atoms with Crippen molar-refractivity contribution in [3.8, 4) is 0 Å². The Bertz CT molecular complexity index is 776. The number of carbonyl (C=O) groups excluding carboxylic acids is 2. The minimum atomic E-state index is -4.36. The minimum Gasteiger partial charge on any atom is -0.450 e. The quantitative estimate of drug-likeness (QED) is 0.739. The van der Waals surface area contributed by atoms with Gasteiger partial charge in [0.05, 0.1) is 12.2 Å². The minimum absolute atomic E-state index is 0.0621. The molecule has 0 atom stereocenters. The molecule has 0 spiro atoms. The number of carbonyl (C=O) groups is 2. The third-order valence-electron chi connectivity index (χ3n) is 3.36. The van der Waals surface area contributed by atoms with Gasteiger partial charge in [-0.3, -0.25) is 4.79 Å². The standard InChI is InChI=1S/C17H18F3N3O3S/c1-2-26-16(25)21-8-7-14(24)23-15-22-10-13(27-15)9-11-3-5-12(6-4-11)17(18,19)20/h3-6,10H,2,7-9H2,1H3,(H,21,25)(H,22,23,24). The molecule has 0 saturated heterocycles. The topological polar surface area (TPSA) is 80.3 Å². The van der Waals surface area contributed by atoms with Crippen molar-refractivity contribution in [3.05, 3.63) is 46.5 Å². The van der Waals surface area contributed by atoms with Crippen molar-refractivity contribution in [2.75, 3.05) is 18.5 Å². The largest absolute Gasteiger partial charge is 0.450 e. The maximum absolute atomic E-state index is 12.6. The van der Waals surface area contributed by atoms with Crippen molar-refractivity contribution in [2.45, 2.75) is 25.9 Å². The van der Waals surface area contributed by atoms with E-state index in [4.69, 9.17) is 0 Å². The molecule has 2 aromatic rings. The molecule has 0 fully saturated rings. The number of nitrogens with zero attached hydrogens (tertiary/aromatic N) is 1. The Balaban J connectivity index is 1.82. The zero-order valence-electron chi connectivity index (χ0n) is 14.4. The molecule has 146 valence electrons. The molecular weight excluding hydrogens is 383 g/mol. The summed E-state index contributed by atoms with van der Waals surface area (Å²) in [7, 11) is 0. The number of ether oxygens (including phenoxy) is 1. The molecule has 0 unspecified atom stereocenters. The third kappa shape index (κ3) is 6.89. The highest BCUT2D eigenvalue weighted by Crippen LogP contribution is 2.29. The highest BCUT2D eigenvalue weighted by atomic mass is 32.1. The molecule has 1 aromatic heterocycles. The van der Waals surface area contributed by atoms with Crippen molar-refractivity contribution in [1.82, 2.24) is 10.3 Å². The zero-order chi connectivity index (χ0) is 19.9. The second-order valence-electron chi connectivity index (χ2n) is 5.45. The van der Waals surface area contributed by atoms with Gasteiger partial charge in [0.25, 0.3) is 0 Å². The first-order valence-corrected chi connectivity index (χ1v) is 8.91. The van der Waals surface area contributed by atoms with E-state index in [1.807, 2.05) is 0 Å². The summed E-state index contributed by atoms with van der Waals surface area (Å²) >= 11 is 1.24. The van der Waals surface area contributed by atoms with E-state index in [0.29, 0.717) is 17.1 Å². The highest BCUT2D eigenvalue weighted by Gasteiger charge is 2.29. The first-order chi connectivity index (χ1) is 12.8. The average molecular weight is 401 g/mol. The van der Waals surface area contributed by atoms with Gasteiger partial charge in [-0.25, -0.2) is 9.78 Å². The van der Waals surface area contributed by atoms with E-state index in [0.717, 1.165) is 17.0 Å². The second kappa shape index (κ2) is 9.36. The molecular formula is C17H18F3N3O3S. The number of nitrogens with one attached hydrogen (secondary N) is 2. The maximum atomic E-state index is 12.6. The smallest absolute Gasteiger partial charge is 0.416 e. The van der Waals surface area contributed by atoms with Crippen LogP contribution in [0.2, 0.25) is 0 Å². The van der Waals surface area contributed by atoms with Gasteiger partial charge in [0.1, 0.15) is 0 Å². The van der Waals surface area contributed by atoms with E-state index in [-0.39, 0.29) is 25.5 Å². The van der Waals surface area contributed by atoms with Crippen molar-refractivity contribution < 1.29 is 27.5 Å². The van der Waals surface area contributed by atoms with Crippen LogP contribution in [0.25, 0.3) is 0 Å². The zero-order valence-corrected chi connectivity index (χ0v) is 15.2. The van der Waals surface area contributed by atoms with Gasteiger partial charge in [-0.15, -0.1) is 11.3 Å². The number of anilines is 1. The van der Waals surface area contributed by atoms with Crippen LogP contribution in [0.1, 0.15) is 29.3 Å². The van der Waals surface area contributed by atoms with Gasteiger partial charge in [-0.2, -0.15) is 13.2 Å². The molecule has 10 heteroatoms. The number of hydrogen-bond donors (Lipinski definition) is 2. The van der Waals surface area contributed by atoms with E-state index in [1.165, 1.54) is 23.5 Å². The predicted molar refractivity (Wildman–Crippen MR) is 94.6 cm³/mol. The number of thiazole rings is 1. The Hall–Kier alpha value is -2.62. The van der Waals surface area contributed by atoms with Gasteiger partial charge < -0.3 is 15.4 Å². The van der Waals surface area contributed by atoms with Crippen LogP contribution in [0.4, 0.5) is 23.1 Å². The molecule has 0 aliphatic carbocycles. The van der Waals surface area contributed by atoms with E-state index in [2.05, 4.69) is 20.4 Å². The van der Waals surface area contributed by atoms with Crippen molar-refractivity contribution in [2.24, 2.45) is 0 Å². The summed E-state index contributed by atoms with van der Waals surface area (Å²) in [5.74, 6) is -0.317. The van der Waals surface area contributed by atoms with Crippen molar-refractivity contribution >= 4 is 28.5 Å². The lowest BCUT2D eigenvalue weighted by atomic mass is 10.1. The van der Waals surface area contributed by atoms with Crippen LogP contribution in [-0.2, 0) is 22.1 Å². The molecule has 0 saturated carbocycles. The summed E-state index contributed by atoms with van der Waals surface area (Å²) in [6.45, 7) is 2.06. The lowest BCUT2D eigenvalue weighted by molar-refractivity contribution is -0.137. The van der Waals surface area contributed by atoms with E-state index in [9.17, 15) is 22.8 Å². The van der Waals surface area contributed by atoms with Crippen molar-refractivity contribution in [3.63, 3.8) is 0 Å². The lowest BCUT2D eigenvalue weighted by Gasteiger charge is -2.06. The number of halogens is 3. The molecule has 0 radical (unpaired) electrons. The molecule has 2 amide bonds. The number of benzene rings is 1. The fourth-order valence-corrected chi connectivity index (χ4v) is 2.96. The highest BCUT2D eigenvalue weighted by molar-refractivity contribution is 7.15. The Morgan fingerprint density at radius 2 is 1.93 bits per heavy atom. The normalized spacial score (nSPS) is 11.1. The number of aromatic nitrogens is 1. The monoisotopic (exact) mass is 401 g/mol. The Kier molecular flexibility index (Phi) is 7.17. The molecule has 27 heavy (non-hydrogen) atoms. The Morgan fingerprint density at radius 3 is 2.56 bits per heavy atom. The van der Waals surface area contributed by atoms with Crippen LogP contribution in [0.15, 0.2) is 30.5 Å². The molecule has 0 aliphatic rings. The fraction of sp³-hybridized carbons (Fsp3) is 0.353. The lowest BCUT2D eigenvalue weighted by Crippen LogP contribution is -2.28. The molecule has 0 aliphatic heterocycles. The van der Waals surface area contributed by atoms with Crippen molar-refractivity contribution in [1.29, 1.82) is 0 Å². The van der Waals surface area contributed by atoms with E-state index >= 15 is 0 Å². The number of alkyl halides is 3. The molecule has 1 heterocycles. The van der Waals surface area contributed by atoms with Gasteiger partial charge in [-0.05, 0) is 24.6 Å². The number of amides is 2. The van der Waals surface area contributed by atoms with Crippen LogP contribution in [0.3, 0.4) is 0 Å². The van der Waals surface area contributed by atoms with Crippen LogP contribution < -0.4 is 10.6 Å². The van der Waals surface area contributed by atoms with Gasteiger partial charge in [-0.1, -0.05) is 12.1 Å². The number of rotatable bonds is 7. The second-order valence-corrected chi connectivity index (χ2v) is 6.56. The fourth-order valence-electron chi connectivity index (χ4n) is 2.10. The molecule has 2 N–H and O–H groups in total. The molecule has 1 aromatic carbocycles. The predicted octanol–water partition coefficient (Wildman–Crippen LogP) is 3.83. The maximum Gasteiger partial charge on any atom is 0.416 e. The number of alkyl carbamates (subject to hydrolysis) is 1. The molecule has 6 nitrogen and oxygen atoms in total. The van der Waals surface area contributed by atoms with Crippen LogP contribution in [0, 0.1) is 0 Å².